The Balaban J connectivity index is 3.07. The summed E-state index contributed by atoms with van der Waals surface area (Å²) < 4.78 is 6.06. The van der Waals surface area contributed by atoms with Crippen LogP contribution in [0.2, 0.25) is 5.15 Å². The quantitative estimate of drug-likeness (QED) is 0.655. The smallest absolute Gasteiger partial charge is 0.172 e. The number of methoxy groups -OCH3 is 1. The molecule has 3 nitrogen and oxygen atoms in total. The molecule has 0 aliphatic carbocycles. The van der Waals surface area contributed by atoms with Gasteiger partial charge in [-0.1, -0.05) is 25.4 Å². The van der Waals surface area contributed by atoms with E-state index in [4.69, 9.17) is 22.1 Å². The standard InChI is InChI=1S/C12H18ClIN2O/c1-7(2)12(3,15)6-8-5-9(17-4)10(13)16-11(8)14/h5,7H,6,15H2,1-4H3. The van der Waals surface area contributed by atoms with Gasteiger partial charge in [-0.25, -0.2) is 4.98 Å². The molecule has 0 aliphatic rings. The van der Waals surface area contributed by atoms with Crippen LogP contribution in [0.3, 0.4) is 0 Å². The zero-order valence-corrected chi connectivity index (χ0v) is 13.5. The van der Waals surface area contributed by atoms with E-state index in [0.717, 1.165) is 15.7 Å². The predicted octanol–water partition coefficient (Wildman–Crippen LogP) is 3.26. The molecule has 0 aliphatic heterocycles. The van der Waals surface area contributed by atoms with Crippen molar-refractivity contribution in [1.82, 2.24) is 4.98 Å². The topological polar surface area (TPSA) is 48.1 Å². The van der Waals surface area contributed by atoms with Gasteiger partial charge in [0.2, 0.25) is 0 Å². The summed E-state index contributed by atoms with van der Waals surface area (Å²) in [5, 5.41) is 0.393. The third-order valence-electron chi connectivity index (χ3n) is 3.08. The van der Waals surface area contributed by atoms with Crippen molar-refractivity contribution in [3.63, 3.8) is 0 Å². The van der Waals surface area contributed by atoms with Crippen molar-refractivity contribution in [3.8, 4) is 5.75 Å². The summed E-state index contributed by atoms with van der Waals surface area (Å²) in [6.07, 6.45) is 0.753. The second-order valence-electron chi connectivity index (χ2n) is 4.77. The molecule has 0 amide bonds. The minimum atomic E-state index is -0.263. The molecule has 0 bridgehead atoms. The lowest BCUT2D eigenvalue weighted by Gasteiger charge is -2.29. The van der Waals surface area contributed by atoms with Crippen LogP contribution in [-0.4, -0.2) is 17.6 Å². The van der Waals surface area contributed by atoms with Crippen LogP contribution in [0.15, 0.2) is 6.07 Å². The number of nitrogens with two attached hydrogens (primary N) is 1. The number of halogens is 2. The molecular weight excluding hydrogens is 351 g/mol. The van der Waals surface area contributed by atoms with Crippen LogP contribution >= 0.6 is 34.2 Å². The van der Waals surface area contributed by atoms with Crippen molar-refractivity contribution in [3.05, 3.63) is 20.5 Å². The normalized spacial score (nSPS) is 14.8. The molecule has 1 unspecified atom stereocenters. The average Bonchev–Trinajstić information content (AvgIpc) is 2.21. The monoisotopic (exact) mass is 368 g/mol. The lowest BCUT2D eigenvalue weighted by molar-refractivity contribution is 0.336. The third kappa shape index (κ3) is 3.69. The van der Waals surface area contributed by atoms with Crippen LogP contribution in [0.25, 0.3) is 0 Å². The van der Waals surface area contributed by atoms with Gasteiger partial charge in [-0.15, -0.1) is 0 Å². The van der Waals surface area contributed by atoms with Crippen LogP contribution in [0, 0.1) is 9.62 Å². The second-order valence-corrected chi connectivity index (χ2v) is 6.15. The van der Waals surface area contributed by atoms with Crippen molar-refractivity contribution in [2.75, 3.05) is 7.11 Å². The van der Waals surface area contributed by atoms with E-state index in [9.17, 15) is 0 Å². The molecule has 0 saturated heterocycles. The molecule has 1 rings (SSSR count). The molecule has 17 heavy (non-hydrogen) atoms. The van der Waals surface area contributed by atoms with Crippen molar-refractivity contribution < 1.29 is 4.74 Å². The number of hydrogen-bond acceptors (Lipinski definition) is 3. The van der Waals surface area contributed by atoms with Crippen molar-refractivity contribution >= 4 is 34.2 Å². The number of hydrogen-bond donors (Lipinski definition) is 1. The Hall–Kier alpha value is -0.0700. The number of ether oxygens (including phenoxy) is 1. The van der Waals surface area contributed by atoms with E-state index in [0.29, 0.717) is 16.8 Å². The fraction of sp³-hybridized carbons (Fsp3) is 0.583. The van der Waals surface area contributed by atoms with Crippen LogP contribution < -0.4 is 10.5 Å². The van der Waals surface area contributed by atoms with E-state index in [2.05, 4.69) is 48.3 Å². The van der Waals surface area contributed by atoms with E-state index in [-0.39, 0.29) is 5.54 Å². The van der Waals surface area contributed by atoms with Crippen molar-refractivity contribution in [2.45, 2.75) is 32.7 Å². The molecule has 2 N–H and O–H groups in total. The van der Waals surface area contributed by atoms with Gasteiger partial charge in [0.1, 0.15) is 3.70 Å². The second kappa shape index (κ2) is 5.71. The first-order chi connectivity index (χ1) is 7.77. The molecule has 1 aromatic rings. The summed E-state index contributed by atoms with van der Waals surface area (Å²) in [4.78, 5) is 4.26. The number of nitrogens with zero attached hydrogens (tertiary/aromatic N) is 1. The summed E-state index contributed by atoms with van der Waals surface area (Å²) in [5.41, 5.74) is 7.10. The average molecular weight is 369 g/mol. The first-order valence-corrected chi connectivity index (χ1v) is 6.91. The van der Waals surface area contributed by atoms with Crippen molar-refractivity contribution in [1.29, 1.82) is 0 Å². The minimum absolute atomic E-state index is 0.263. The van der Waals surface area contributed by atoms with Crippen LogP contribution in [0.4, 0.5) is 0 Å². The summed E-state index contributed by atoms with van der Waals surface area (Å²) in [6, 6.07) is 1.92. The van der Waals surface area contributed by atoms with Gasteiger partial charge in [0, 0.05) is 5.54 Å². The molecule has 5 heteroatoms. The SMILES string of the molecule is COc1cc(CC(C)(N)C(C)C)c(I)nc1Cl. The highest BCUT2D eigenvalue weighted by atomic mass is 127. The fourth-order valence-electron chi connectivity index (χ4n) is 1.37. The Bertz CT molecular complexity index is 408. The molecule has 0 saturated carbocycles. The molecule has 0 spiro atoms. The summed E-state index contributed by atoms with van der Waals surface area (Å²) in [5.74, 6) is 0.988. The van der Waals surface area contributed by atoms with E-state index in [1.54, 1.807) is 7.11 Å². The third-order valence-corrected chi connectivity index (χ3v) is 4.28. The van der Waals surface area contributed by atoms with E-state index in [1.807, 2.05) is 6.07 Å². The van der Waals surface area contributed by atoms with Gasteiger partial charge in [-0.3, -0.25) is 0 Å². The maximum Gasteiger partial charge on any atom is 0.172 e. The molecule has 0 fully saturated rings. The maximum atomic E-state index is 6.29. The Morgan fingerprint density at radius 2 is 2.18 bits per heavy atom. The molecule has 1 heterocycles. The molecule has 1 atom stereocenters. The van der Waals surface area contributed by atoms with Gasteiger partial charge in [0.15, 0.2) is 10.9 Å². The van der Waals surface area contributed by atoms with Gasteiger partial charge >= 0.3 is 0 Å². The van der Waals surface area contributed by atoms with Gasteiger partial charge in [-0.2, -0.15) is 0 Å². The molecule has 1 aromatic heterocycles. The van der Waals surface area contributed by atoms with Crippen LogP contribution in [-0.2, 0) is 6.42 Å². The number of aromatic nitrogens is 1. The minimum Gasteiger partial charge on any atom is -0.494 e. The highest BCUT2D eigenvalue weighted by molar-refractivity contribution is 14.1. The number of pyridine rings is 1. The summed E-state index contributed by atoms with van der Waals surface area (Å²) in [6.45, 7) is 6.29. The van der Waals surface area contributed by atoms with Crippen LogP contribution in [0.5, 0.6) is 5.75 Å². The van der Waals surface area contributed by atoms with E-state index < -0.39 is 0 Å². The maximum absolute atomic E-state index is 6.29. The Kier molecular flexibility index (Phi) is 5.04. The van der Waals surface area contributed by atoms with Crippen molar-refractivity contribution in [2.24, 2.45) is 11.7 Å². The predicted molar refractivity (Wildman–Crippen MR) is 79.7 cm³/mol. The Labute approximate surface area is 121 Å². The fourth-order valence-corrected chi connectivity index (χ4v) is 2.32. The van der Waals surface area contributed by atoms with Crippen LogP contribution in [0.1, 0.15) is 26.3 Å². The summed E-state index contributed by atoms with van der Waals surface area (Å²) in [7, 11) is 1.59. The lowest BCUT2D eigenvalue weighted by Crippen LogP contribution is -2.44. The highest BCUT2D eigenvalue weighted by Crippen LogP contribution is 2.29. The first-order valence-electron chi connectivity index (χ1n) is 5.45. The number of rotatable bonds is 4. The largest absolute Gasteiger partial charge is 0.494 e. The van der Waals surface area contributed by atoms with Gasteiger partial charge in [0.25, 0.3) is 0 Å². The van der Waals surface area contributed by atoms with Gasteiger partial charge in [-0.05, 0) is 53.5 Å². The zero-order valence-electron chi connectivity index (χ0n) is 10.6. The van der Waals surface area contributed by atoms with Gasteiger partial charge in [0.05, 0.1) is 7.11 Å². The van der Waals surface area contributed by atoms with Gasteiger partial charge < -0.3 is 10.5 Å². The first kappa shape index (κ1) is 15.0. The van der Waals surface area contributed by atoms with E-state index >= 15 is 0 Å². The van der Waals surface area contributed by atoms with E-state index in [1.165, 1.54) is 0 Å². The highest BCUT2D eigenvalue weighted by Gasteiger charge is 2.25. The lowest BCUT2D eigenvalue weighted by atomic mass is 9.84. The summed E-state index contributed by atoms with van der Waals surface area (Å²) >= 11 is 8.14. The molecule has 96 valence electrons. The Morgan fingerprint density at radius 1 is 1.59 bits per heavy atom. The Morgan fingerprint density at radius 3 is 2.65 bits per heavy atom. The molecular formula is C12H18ClIN2O. The molecule has 0 radical (unpaired) electrons. The molecule has 0 aromatic carbocycles. The zero-order chi connectivity index (χ0) is 13.2.